The summed E-state index contributed by atoms with van der Waals surface area (Å²) in [5.74, 6) is -1.38. The Labute approximate surface area is 94.0 Å². The normalized spacial score (nSPS) is 25.4. The summed E-state index contributed by atoms with van der Waals surface area (Å²) in [6, 6.07) is 6.13. The molecule has 0 bridgehead atoms. The number of hydrogen-bond donors (Lipinski definition) is 0. The van der Waals surface area contributed by atoms with E-state index in [1.807, 2.05) is 0 Å². The third-order valence-electron chi connectivity index (χ3n) is 2.37. The van der Waals surface area contributed by atoms with E-state index in [4.69, 9.17) is 0 Å². The molecule has 0 saturated carbocycles. The van der Waals surface area contributed by atoms with Gasteiger partial charge in [-0.1, -0.05) is 18.2 Å². The molecule has 1 aromatic carbocycles. The van der Waals surface area contributed by atoms with Crippen LogP contribution in [-0.4, -0.2) is 23.8 Å². The van der Waals surface area contributed by atoms with Gasteiger partial charge in [0, 0.05) is 18.2 Å². The molecule has 2 rings (SSSR count). The molecule has 0 radical (unpaired) electrons. The lowest BCUT2D eigenvalue weighted by molar-refractivity contribution is -0.135. The third-order valence-corrected chi connectivity index (χ3v) is 3.14. The van der Waals surface area contributed by atoms with Crippen molar-refractivity contribution in [3.05, 3.63) is 35.4 Å². The van der Waals surface area contributed by atoms with E-state index < -0.39 is 16.4 Å². The van der Waals surface area contributed by atoms with Gasteiger partial charge in [-0.05, 0) is 22.0 Å². The lowest BCUT2D eigenvalue weighted by Crippen LogP contribution is -2.47. The second kappa shape index (κ2) is 3.13. The van der Waals surface area contributed by atoms with Gasteiger partial charge in [-0.2, -0.15) is 0 Å². The number of carbonyl (C=O) groups is 2. The predicted molar refractivity (Wildman–Crippen MR) is 55.3 cm³/mol. The minimum absolute atomic E-state index is 0.0677. The van der Waals surface area contributed by atoms with Gasteiger partial charge in [-0.15, -0.1) is 0 Å². The Bertz CT molecular complexity index is 458. The quantitative estimate of drug-likeness (QED) is 0.533. The van der Waals surface area contributed by atoms with Crippen LogP contribution in [0.15, 0.2) is 24.3 Å². The first-order valence-corrected chi connectivity index (χ1v) is 5.05. The Hall–Kier alpha value is -1.23. The Morgan fingerprint density at radius 1 is 1.33 bits per heavy atom. The van der Waals surface area contributed by atoms with E-state index in [9.17, 15) is 14.0 Å². The van der Waals surface area contributed by atoms with Gasteiger partial charge in [0.25, 0.3) is 16.4 Å². The highest BCUT2D eigenvalue weighted by molar-refractivity contribution is 9.10. The molecule has 2 amide bonds. The maximum Gasteiger partial charge on any atom is 0.282 e. The highest BCUT2D eigenvalue weighted by Gasteiger charge is 2.48. The number of hydrogen-bond acceptors (Lipinski definition) is 2. The summed E-state index contributed by atoms with van der Waals surface area (Å²) < 4.78 is 11.8. The molecule has 1 unspecified atom stereocenters. The molecule has 0 N–H and O–H groups in total. The number of alkyl halides is 2. The number of fused-ring (bicyclic) bond motifs is 1. The molecule has 0 aliphatic carbocycles. The summed E-state index contributed by atoms with van der Waals surface area (Å²) in [6.45, 7) is 0. The summed E-state index contributed by atoms with van der Waals surface area (Å²) >= 11 is 2.71. The lowest BCUT2D eigenvalue weighted by atomic mass is 9.97. The molecule has 15 heavy (non-hydrogen) atoms. The zero-order valence-corrected chi connectivity index (χ0v) is 9.42. The molecule has 1 aromatic rings. The van der Waals surface area contributed by atoms with Crippen molar-refractivity contribution < 1.29 is 14.0 Å². The standard InChI is InChI=1S/C10H7BrFNO2/c1-13-8(14)6-4-2-3-5-7(6)10(11,12)9(13)15/h2-5H,1H3. The number of halogens is 2. The first-order chi connectivity index (χ1) is 6.96. The van der Waals surface area contributed by atoms with Crippen LogP contribution in [0.3, 0.4) is 0 Å². The zero-order valence-electron chi connectivity index (χ0n) is 7.83. The van der Waals surface area contributed by atoms with E-state index >= 15 is 0 Å². The van der Waals surface area contributed by atoms with Gasteiger partial charge in [0.1, 0.15) is 0 Å². The molecule has 0 saturated heterocycles. The van der Waals surface area contributed by atoms with Gasteiger partial charge in [-0.3, -0.25) is 14.5 Å². The number of carbonyl (C=O) groups excluding carboxylic acids is 2. The summed E-state index contributed by atoms with van der Waals surface area (Å²) in [5, 5.41) is 0. The van der Waals surface area contributed by atoms with Gasteiger partial charge in [0.15, 0.2) is 0 Å². The minimum Gasteiger partial charge on any atom is -0.278 e. The fourth-order valence-corrected chi connectivity index (χ4v) is 2.15. The average molecular weight is 272 g/mol. The molecule has 1 atom stereocenters. The molecular formula is C10H7BrFNO2. The van der Waals surface area contributed by atoms with Crippen molar-refractivity contribution in [2.45, 2.75) is 4.58 Å². The highest BCUT2D eigenvalue weighted by atomic mass is 79.9. The van der Waals surface area contributed by atoms with E-state index in [0.717, 1.165) is 4.90 Å². The number of imide groups is 1. The summed E-state index contributed by atoms with van der Waals surface area (Å²) in [5.41, 5.74) is 0.275. The largest absolute Gasteiger partial charge is 0.282 e. The maximum atomic E-state index is 14.1. The van der Waals surface area contributed by atoms with E-state index in [1.165, 1.54) is 19.2 Å². The Morgan fingerprint density at radius 2 is 1.93 bits per heavy atom. The molecule has 3 nitrogen and oxygen atoms in total. The fourth-order valence-electron chi connectivity index (χ4n) is 1.54. The van der Waals surface area contributed by atoms with Gasteiger partial charge >= 0.3 is 0 Å². The smallest absolute Gasteiger partial charge is 0.278 e. The first kappa shape index (κ1) is 10.3. The van der Waals surface area contributed by atoms with Gasteiger partial charge < -0.3 is 0 Å². The van der Waals surface area contributed by atoms with Crippen LogP contribution in [0.4, 0.5) is 4.39 Å². The molecule has 0 fully saturated rings. The molecule has 0 aromatic heterocycles. The number of rotatable bonds is 0. The molecular weight excluding hydrogens is 265 g/mol. The van der Waals surface area contributed by atoms with E-state index in [2.05, 4.69) is 15.9 Å². The molecule has 0 spiro atoms. The van der Waals surface area contributed by atoms with Crippen LogP contribution >= 0.6 is 15.9 Å². The van der Waals surface area contributed by atoms with Crippen LogP contribution in [0.25, 0.3) is 0 Å². The molecule has 1 heterocycles. The van der Waals surface area contributed by atoms with Crippen LogP contribution in [-0.2, 0) is 9.37 Å². The van der Waals surface area contributed by atoms with Crippen molar-refractivity contribution in [1.29, 1.82) is 0 Å². The third kappa shape index (κ3) is 1.30. The lowest BCUT2D eigenvalue weighted by Gasteiger charge is -2.30. The van der Waals surface area contributed by atoms with Crippen molar-refractivity contribution in [2.75, 3.05) is 7.05 Å². The van der Waals surface area contributed by atoms with E-state index in [-0.39, 0.29) is 11.1 Å². The van der Waals surface area contributed by atoms with Crippen LogP contribution in [0, 0.1) is 0 Å². The van der Waals surface area contributed by atoms with Crippen LogP contribution < -0.4 is 0 Å². The van der Waals surface area contributed by atoms with E-state index in [0.29, 0.717) is 0 Å². The zero-order chi connectivity index (χ0) is 11.2. The second-order valence-electron chi connectivity index (χ2n) is 3.29. The van der Waals surface area contributed by atoms with Gasteiger partial charge in [-0.25, -0.2) is 4.39 Å². The SMILES string of the molecule is CN1C(=O)c2ccccc2C(F)(Br)C1=O. The van der Waals surface area contributed by atoms with Crippen LogP contribution in [0.5, 0.6) is 0 Å². The van der Waals surface area contributed by atoms with Crippen LogP contribution in [0.1, 0.15) is 15.9 Å². The van der Waals surface area contributed by atoms with Crippen LogP contribution in [0.2, 0.25) is 0 Å². The Balaban J connectivity index is 2.72. The topological polar surface area (TPSA) is 37.4 Å². The summed E-state index contributed by atoms with van der Waals surface area (Å²) in [6.07, 6.45) is 0. The average Bonchev–Trinajstić information content (AvgIpc) is 2.24. The second-order valence-corrected chi connectivity index (χ2v) is 4.38. The maximum absolute atomic E-state index is 14.1. The van der Waals surface area contributed by atoms with E-state index in [1.54, 1.807) is 12.1 Å². The van der Waals surface area contributed by atoms with Crippen molar-refractivity contribution in [3.63, 3.8) is 0 Å². The Kier molecular flexibility index (Phi) is 2.15. The number of benzene rings is 1. The van der Waals surface area contributed by atoms with Crippen molar-refractivity contribution >= 4 is 27.7 Å². The van der Waals surface area contributed by atoms with Crippen molar-refractivity contribution in [1.82, 2.24) is 4.90 Å². The number of nitrogens with zero attached hydrogens (tertiary/aromatic N) is 1. The van der Waals surface area contributed by atoms with Gasteiger partial charge in [0.05, 0.1) is 0 Å². The highest BCUT2D eigenvalue weighted by Crippen LogP contribution is 2.40. The molecule has 78 valence electrons. The summed E-state index contributed by atoms with van der Waals surface area (Å²) in [4.78, 5) is 23.9. The monoisotopic (exact) mass is 271 g/mol. The summed E-state index contributed by atoms with van der Waals surface area (Å²) in [7, 11) is 1.26. The molecule has 1 aliphatic heterocycles. The van der Waals surface area contributed by atoms with Gasteiger partial charge in [0.2, 0.25) is 0 Å². The minimum atomic E-state index is -2.30. The Morgan fingerprint density at radius 3 is 2.60 bits per heavy atom. The molecule has 5 heteroatoms. The number of likely N-dealkylation sites (N-methyl/N-ethyl adjacent to an activating group) is 1. The van der Waals surface area contributed by atoms with Crippen molar-refractivity contribution in [3.8, 4) is 0 Å². The predicted octanol–water partition coefficient (Wildman–Crippen LogP) is 1.82. The molecule has 1 aliphatic rings. The number of amides is 2. The fraction of sp³-hybridized carbons (Fsp3) is 0.200. The van der Waals surface area contributed by atoms with Crippen molar-refractivity contribution in [2.24, 2.45) is 0 Å². The first-order valence-electron chi connectivity index (χ1n) is 4.26.